The van der Waals surface area contributed by atoms with Crippen molar-refractivity contribution in [3.8, 4) is 16.2 Å². The van der Waals surface area contributed by atoms with Gasteiger partial charge in [0.25, 0.3) is 0 Å². The molecule has 1 aromatic heterocycles. The van der Waals surface area contributed by atoms with Gasteiger partial charge in [-0.05, 0) is 50.5 Å². The molecular formula is C26H31N3O4S. The number of carbonyl (C=O) groups excluding carboxylic acids is 1. The number of benzene rings is 2. The van der Waals surface area contributed by atoms with Crippen LogP contribution in [-0.4, -0.2) is 38.6 Å². The molecule has 3 rings (SSSR count). The van der Waals surface area contributed by atoms with Crippen molar-refractivity contribution < 1.29 is 19.4 Å². The summed E-state index contributed by atoms with van der Waals surface area (Å²) in [5, 5.41) is 13.0. The molecule has 180 valence electrons. The standard InChI is InChI=1S/C26H31N3O4S/c1-5-11-21(29(25(31)32)26(2,3)4)23(30)28-24-27-16-22(34-24)20-15-10-9-12-18(20)17-33-19-13-7-6-8-14-19/h6-10,12-16,21H,5,11,17H2,1-4H3,(H,31,32)(H,27,28,30)/t21-/m0/s1. The second-order valence-corrected chi connectivity index (χ2v) is 9.94. The topological polar surface area (TPSA) is 91.8 Å². The summed E-state index contributed by atoms with van der Waals surface area (Å²) in [7, 11) is 0. The molecule has 0 saturated heterocycles. The molecule has 0 radical (unpaired) electrons. The van der Waals surface area contributed by atoms with E-state index in [1.54, 1.807) is 27.0 Å². The molecule has 2 amide bonds. The molecule has 1 heterocycles. The molecule has 0 aliphatic carbocycles. The largest absolute Gasteiger partial charge is 0.489 e. The lowest BCUT2D eigenvalue weighted by Gasteiger charge is -2.38. The van der Waals surface area contributed by atoms with E-state index >= 15 is 0 Å². The van der Waals surface area contributed by atoms with Gasteiger partial charge in [0.1, 0.15) is 18.4 Å². The predicted octanol–water partition coefficient (Wildman–Crippen LogP) is 6.27. The number of hydrogen-bond donors (Lipinski definition) is 2. The zero-order chi connectivity index (χ0) is 24.7. The van der Waals surface area contributed by atoms with Gasteiger partial charge in [0.05, 0.1) is 4.88 Å². The number of carbonyl (C=O) groups is 2. The minimum atomic E-state index is -1.12. The molecular weight excluding hydrogens is 450 g/mol. The van der Waals surface area contributed by atoms with Crippen molar-refractivity contribution in [2.45, 2.75) is 58.7 Å². The van der Waals surface area contributed by atoms with E-state index in [0.29, 0.717) is 24.6 Å². The zero-order valence-electron chi connectivity index (χ0n) is 19.9. The number of amides is 2. The van der Waals surface area contributed by atoms with Crippen molar-refractivity contribution in [3.63, 3.8) is 0 Å². The lowest BCUT2D eigenvalue weighted by Crippen LogP contribution is -2.55. The molecule has 7 nitrogen and oxygen atoms in total. The SMILES string of the molecule is CCC[C@@H](C(=O)Nc1ncc(-c2ccccc2COc2ccccc2)s1)N(C(=O)O)C(C)(C)C. The zero-order valence-corrected chi connectivity index (χ0v) is 20.8. The van der Waals surface area contributed by atoms with E-state index in [4.69, 9.17) is 4.74 Å². The van der Waals surface area contributed by atoms with Gasteiger partial charge in [-0.25, -0.2) is 9.78 Å². The van der Waals surface area contributed by atoms with Crippen LogP contribution < -0.4 is 10.1 Å². The minimum Gasteiger partial charge on any atom is -0.489 e. The molecule has 0 aliphatic heterocycles. The first-order chi connectivity index (χ1) is 16.2. The molecule has 0 bridgehead atoms. The molecule has 2 aromatic carbocycles. The number of thiazole rings is 1. The van der Waals surface area contributed by atoms with Crippen molar-refractivity contribution >= 4 is 28.5 Å². The number of aromatic nitrogens is 1. The smallest absolute Gasteiger partial charge is 0.408 e. The number of rotatable bonds is 9. The van der Waals surface area contributed by atoms with Gasteiger partial charge in [0.15, 0.2) is 5.13 Å². The number of nitrogens with one attached hydrogen (secondary N) is 1. The Morgan fingerprint density at radius 1 is 1.12 bits per heavy atom. The Labute approximate surface area is 204 Å². The number of hydrogen-bond acceptors (Lipinski definition) is 5. The van der Waals surface area contributed by atoms with E-state index < -0.39 is 17.7 Å². The maximum absolute atomic E-state index is 13.1. The van der Waals surface area contributed by atoms with Gasteiger partial charge in [-0.3, -0.25) is 9.69 Å². The maximum Gasteiger partial charge on any atom is 0.408 e. The van der Waals surface area contributed by atoms with Crippen molar-refractivity contribution in [1.82, 2.24) is 9.88 Å². The Bertz CT molecular complexity index is 1110. The summed E-state index contributed by atoms with van der Waals surface area (Å²) in [5.74, 6) is 0.416. The molecule has 0 aliphatic rings. The summed E-state index contributed by atoms with van der Waals surface area (Å²) in [6.45, 7) is 7.68. The van der Waals surface area contributed by atoms with Crippen LogP contribution in [0.5, 0.6) is 5.75 Å². The Morgan fingerprint density at radius 2 is 1.79 bits per heavy atom. The van der Waals surface area contributed by atoms with Crippen molar-refractivity contribution in [2.24, 2.45) is 0 Å². The molecule has 3 aromatic rings. The van der Waals surface area contributed by atoms with Gasteiger partial charge in [0, 0.05) is 11.7 Å². The van der Waals surface area contributed by atoms with Crippen LogP contribution in [0.15, 0.2) is 60.8 Å². The van der Waals surface area contributed by atoms with Crippen LogP contribution in [0.4, 0.5) is 9.93 Å². The average molecular weight is 482 g/mol. The average Bonchev–Trinajstić information content (AvgIpc) is 3.25. The first-order valence-electron chi connectivity index (χ1n) is 11.3. The van der Waals surface area contributed by atoms with Gasteiger partial charge in [-0.2, -0.15) is 0 Å². The number of carboxylic acid groups (broad SMARTS) is 1. The predicted molar refractivity (Wildman–Crippen MR) is 135 cm³/mol. The lowest BCUT2D eigenvalue weighted by molar-refractivity contribution is -0.122. The van der Waals surface area contributed by atoms with E-state index in [0.717, 1.165) is 21.8 Å². The molecule has 0 saturated carbocycles. The highest BCUT2D eigenvalue weighted by Gasteiger charge is 2.37. The summed E-state index contributed by atoms with van der Waals surface area (Å²) < 4.78 is 5.92. The van der Waals surface area contributed by atoms with E-state index in [-0.39, 0.29) is 5.91 Å². The second kappa shape index (κ2) is 11.2. The van der Waals surface area contributed by atoms with Gasteiger partial charge >= 0.3 is 6.09 Å². The fourth-order valence-corrected chi connectivity index (χ4v) is 4.63. The monoisotopic (exact) mass is 481 g/mol. The van der Waals surface area contributed by atoms with Crippen LogP contribution in [0.1, 0.15) is 46.1 Å². The van der Waals surface area contributed by atoms with Crippen LogP contribution in [0, 0.1) is 0 Å². The third-order valence-electron chi connectivity index (χ3n) is 5.26. The van der Waals surface area contributed by atoms with E-state index in [1.807, 2.05) is 61.5 Å². The van der Waals surface area contributed by atoms with Crippen LogP contribution in [0.25, 0.3) is 10.4 Å². The molecule has 8 heteroatoms. The summed E-state index contributed by atoms with van der Waals surface area (Å²) in [4.78, 5) is 31.5. The third kappa shape index (κ3) is 6.35. The molecule has 34 heavy (non-hydrogen) atoms. The van der Waals surface area contributed by atoms with Crippen LogP contribution in [-0.2, 0) is 11.4 Å². The fourth-order valence-electron chi connectivity index (χ4n) is 3.75. The van der Waals surface area contributed by atoms with Crippen molar-refractivity contribution in [3.05, 3.63) is 66.4 Å². The Kier molecular flexibility index (Phi) is 8.28. The second-order valence-electron chi connectivity index (χ2n) is 8.91. The minimum absolute atomic E-state index is 0.374. The van der Waals surface area contributed by atoms with Gasteiger partial charge in [-0.1, -0.05) is 67.1 Å². The van der Waals surface area contributed by atoms with E-state index in [2.05, 4.69) is 10.3 Å². The third-order valence-corrected chi connectivity index (χ3v) is 6.21. The highest BCUT2D eigenvalue weighted by molar-refractivity contribution is 7.19. The van der Waals surface area contributed by atoms with Crippen LogP contribution >= 0.6 is 11.3 Å². The van der Waals surface area contributed by atoms with E-state index in [9.17, 15) is 14.7 Å². The summed E-state index contributed by atoms with van der Waals surface area (Å²) in [6, 6.07) is 16.7. The normalized spacial score (nSPS) is 12.1. The quantitative estimate of drug-likeness (QED) is 0.375. The first-order valence-corrected chi connectivity index (χ1v) is 12.1. The summed E-state index contributed by atoms with van der Waals surface area (Å²) >= 11 is 1.35. The summed E-state index contributed by atoms with van der Waals surface area (Å²) in [5.41, 5.74) is 1.26. The summed E-state index contributed by atoms with van der Waals surface area (Å²) in [6.07, 6.45) is 1.70. The molecule has 0 fully saturated rings. The van der Waals surface area contributed by atoms with Crippen molar-refractivity contribution in [1.29, 1.82) is 0 Å². The van der Waals surface area contributed by atoms with Crippen LogP contribution in [0.3, 0.4) is 0 Å². The number of anilines is 1. The van der Waals surface area contributed by atoms with Gasteiger partial charge < -0.3 is 15.2 Å². The maximum atomic E-state index is 13.1. The Hall–Kier alpha value is -3.39. The molecule has 2 N–H and O–H groups in total. The number of nitrogens with zero attached hydrogens (tertiary/aromatic N) is 2. The van der Waals surface area contributed by atoms with Gasteiger partial charge in [-0.15, -0.1) is 0 Å². The Balaban J connectivity index is 1.77. The number of ether oxygens (including phenoxy) is 1. The number of para-hydroxylation sites is 1. The fraction of sp³-hybridized carbons (Fsp3) is 0.346. The molecule has 0 spiro atoms. The van der Waals surface area contributed by atoms with Gasteiger partial charge in [0.2, 0.25) is 5.91 Å². The molecule has 0 unspecified atom stereocenters. The Morgan fingerprint density at radius 3 is 2.44 bits per heavy atom. The highest BCUT2D eigenvalue weighted by Crippen LogP contribution is 2.32. The first kappa shape index (κ1) is 25.2. The van der Waals surface area contributed by atoms with E-state index in [1.165, 1.54) is 16.2 Å². The van der Waals surface area contributed by atoms with Crippen LogP contribution in [0.2, 0.25) is 0 Å². The van der Waals surface area contributed by atoms with Crippen molar-refractivity contribution in [2.75, 3.05) is 5.32 Å². The molecule has 1 atom stereocenters. The lowest BCUT2D eigenvalue weighted by atomic mass is 10.0. The highest BCUT2D eigenvalue weighted by atomic mass is 32.1.